The Kier molecular flexibility index (Phi) is 12.3. The van der Waals surface area contributed by atoms with Crippen LogP contribution in [0.15, 0.2) is 95.5 Å². The van der Waals surface area contributed by atoms with Crippen molar-refractivity contribution in [1.29, 1.82) is 0 Å². The molecule has 4 rings (SSSR count). The van der Waals surface area contributed by atoms with Crippen LogP contribution in [0.2, 0.25) is 0 Å². The van der Waals surface area contributed by atoms with Crippen molar-refractivity contribution in [3.05, 3.63) is 107 Å². The number of carboxylic acids is 1. The summed E-state index contributed by atoms with van der Waals surface area (Å²) < 4.78 is 16.3. The molecule has 0 aliphatic carbocycles. The number of hydrogen-bond acceptors (Lipinski definition) is 9. The van der Waals surface area contributed by atoms with Crippen molar-refractivity contribution in [3.8, 4) is 23.0 Å². The molecule has 0 spiro atoms. The molecular formula is C36H35N3O9S. The smallest absolute Gasteiger partial charge is 0.339 e. The highest BCUT2D eigenvalue weighted by Crippen LogP contribution is 2.36. The first-order chi connectivity index (χ1) is 23.6. The number of hydrogen-bond donors (Lipinski definition) is 5. The molecule has 0 radical (unpaired) electrons. The molecule has 0 heterocycles. The van der Waals surface area contributed by atoms with Crippen molar-refractivity contribution in [3.63, 3.8) is 0 Å². The van der Waals surface area contributed by atoms with Crippen molar-refractivity contribution in [1.82, 2.24) is 5.32 Å². The molecule has 254 valence electrons. The molecule has 0 fully saturated rings. The van der Waals surface area contributed by atoms with Gasteiger partial charge >= 0.3 is 5.97 Å². The minimum absolute atomic E-state index is 0.0853. The highest BCUT2D eigenvalue weighted by Gasteiger charge is 2.21. The minimum atomic E-state index is -1.32. The molecular weight excluding hydrogens is 650 g/mol. The first-order valence-corrected chi connectivity index (χ1v) is 15.8. The highest BCUT2D eigenvalue weighted by atomic mass is 32.2. The largest absolute Gasteiger partial charge is 0.507 e. The summed E-state index contributed by atoms with van der Waals surface area (Å²) in [5.41, 5.74) is 0.980. The van der Waals surface area contributed by atoms with Gasteiger partial charge in [-0.1, -0.05) is 31.2 Å². The van der Waals surface area contributed by atoms with Gasteiger partial charge in [-0.25, -0.2) is 4.79 Å². The number of ether oxygens (including phenoxy) is 3. The fourth-order valence-electron chi connectivity index (χ4n) is 4.60. The Morgan fingerprint density at radius 2 is 1.47 bits per heavy atom. The zero-order chi connectivity index (χ0) is 35.5. The summed E-state index contributed by atoms with van der Waals surface area (Å²) in [5.74, 6) is -2.08. The molecule has 12 nitrogen and oxygen atoms in total. The van der Waals surface area contributed by atoms with Gasteiger partial charge in [0.15, 0.2) is 11.5 Å². The number of aromatic hydroxyl groups is 1. The minimum Gasteiger partial charge on any atom is -0.507 e. The van der Waals surface area contributed by atoms with Crippen molar-refractivity contribution < 1.29 is 43.6 Å². The third-order valence-corrected chi connectivity index (χ3v) is 8.45. The summed E-state index contributed by atoms with van der Waals surface area (Å²) in [4.78, 5) is 52.1. The van der Waals surface area contributed by atoms with Crippen molar-refractivity contribution in [2.45, 2.75) is 23.5 Å². The quantitative estimate of drug-likeness (QED) is 0.0599. The Morgan fingerprint density at radius 3 is 2.12 bits per heavy atom. The molecule has 0 saturated carbocycles. The number of carbonyl (C=O) groups excluding carboxylic acids is 3. The Morgan fingerprint density at radius 1 is 0.796 bits per heavy atom. The Bertz CT molecular complexity index is 1880. The number of anilines is 2. The van der Waals surface area contributed by atoms with E-state index in [0.717, 1.165) is 0 Å². The standard InChI is InChI=1S/C36H35N3O9S/c1-5-32(35(43)38-24-14-15-28(40)26(19-24)36(44)45)49-25-13-9-12-23(18-25)37-34(42)27(39-33(41)21-10-7-6-8-11-21)16-22-17-30(47-3)31(48-4)20-29(22)46-2/h6-20,32,40H,5H2,1-4H3,(H,37,42)(H,38,43)(H,39,41)(H,44,45)/b27-16+. The van der Waals surface area contributed by atoms with Gasteiger partial charge in [-0.05, 0) is 67.1 Å². The van der Waals surface area contributed by atoms with E-state index in [2.05, 4.69) is 16.0 Å². The van der Waals surface area contributed by atoms with Gasteiger partial charge in [0.25, 0.3) is 11.8 Å². The number of thioether (sulfide) groups is 1. The average molecular weight is 686 g/mol. The lowest BCUT2D eigenvalue weighted by Gasteiger charge is -2.16. The molecule has 1 unspecified atom stereocenters. The van der Waals surface area contributed by atoms with E-state index in [1.165, 1.54) is 57.4 Å². The van der Waals surface area contributed by atoms with Gasteiger partial charge in [0.1, 0.15) is 22.8 Å². The summed E-state index contributed by atoms with van der Waals surface area (Å²) in [6, 6.07) is 22.3. The van der Waals surface area contributed by atoms with Crippen LogP contribution in [0.5, 0.6) is 23.0 Å². The third kappa shape index (κ3) is 9.32. The van der Waals surface area contributed by atoms with Crippen LogP contribution in [-0.4, -0.2) is 60.5 Å². The number of amides is 3. The molecule has 1 atom stereocenters. The van der Waals surface area contributed by atoms with E-state index in [9.17, 15) is 29.4 Å². The summed E-state index contributed by atoms with van der Waals surface area (Å²) >= 11 is 1.25. The maximum atomic E-state index is 13.7. The van der Waals surface area contributed by atoms with Crippen LogP contribution < -0.4 is 30.2 Å². The molecule has 5 N–H and O–H groups in total. The van der Waals surface area contributed by atoms with E-state index in [4.69, 9.17) is 14.2 Å². The number of methoxy groups -OCH3 is 3. The first-order valence-electron chi connectivity index (χ1n) is 14.9. The van der Waals surface area contributed by atoms with E-state index in [1.54, 1.807) is 66.7 Å². The summed E-state index contributed by atoms with van der Waals surface area (Å²) in [7, 11) is 4.43. The molecule has 49 heavy (non-hydrogen) atoms. The fraction of sp³-hybridized carbons (Fsp3) is 0.167. The van der Waals surface area contributed by atoms with Crippen LogP contribution in [0, 0.1) is 0 Å². The van der Waals surface area contributed by atoms with Crippen LogP contribution in [0.25, 0.3) is 6.08 Å². The molecule has 0 aliphatic rings. The Balaban J connectivity index is 1.58. The number of rotatable bonds is 14. The third-order valence-electron chi connectivity index (χ3n) is 7.09. The van der Waals surface area contributed by atoms with Gasteiger partial charge in [0, 0.05) is 33.5 Å². The first kappa shape index (κ1) is 35.9. The van der Waals surface area contributed by atoms with Crippen molar-refractivity contribution in [2.24, 2.45) is 0 Å². The van der Waals surface area contributed by atoms with Crippen LogP contribution in [0.1, 0.15) is 39.6 Å². The van der Waals surface area contributed by atoms with Gasteiger partial charge in [-0.2, -0.15) is 0 Å². The van der Waals surface area contributed by atoms with Crippen LogP contribution in [-0.2, 0) is 9.59 Å². The molecule has 4 aromatic rings. The molecule has 3 amide bonds. The van der Waals surface area contributed by atoms with Gasteiger partial charge in [0.2, 0.25) is 5.91 Å². The second kappa shape index (κ2) is 16.7. The van der Waals surface area contributed by atoms with Gasteiger partial charge in [-0.15, -0.1) is 11.8 Å². The number of carboxylic acid groups (broad SMARTS) is 1. The van der Waals surface area contributed by atoms with E-state index < -0.39 is 28.8 Å². The van der Waals surface area contributed by atoms with Gasteiger partial charge < -0.3 is 40.4 Å². The fourth-order valence-corrected chi connectivity index (χ4v) is 5.62. The Hall–Kier alpha value is -5.95. The van der Waals surface area contributed by atoms with Crippen molar-refractivity contribution >= 4 is 52.9 Å². The van der Waals surface area contributed by atoms with Gasteiger partial charge in [0.05, 0.1) is 26.6 Å². The van der Waals surface area contributed by atoms with Crippen LogP contribution in [0.4, 0.5) is 11.4 Å². The van der Waals surface area contributed by atoms with E-state index in [-0.39, 0.29) is 22.9 Å². The summed E-state index contributed by atoms with van der Waals surface area (Å²) in [5, 5.41) is 26.7. The predicted octanol–water partition coefficient (Wildman–Crippen LogP) is 6.04. The Labute approximate surface area is 287 Å². The molecule has 13 heteroatoms. The number of carbonyl (C=O) groups is 4. The highest BCUT2D eigenvalue weighted by molar-refractivity contribution is 8.00. The lowest BCUT2D eigenvalue weighted by atomic mass is 10.1. The lowest BCUT2D eigenvalue weighted by molar-refractivity contribution is -0.116. The number of benzene rings is 4. The van der Waals surface area contributed by atoms with Crippen LogP contribution in [0.3, 0.4) is 0 Å². The summed E-state index contributed by atoms with van der Waals surface area (Å²) in [6.07, 6.45) is 1.90. The second-order valence-corrected chi connectivity index (χ2v) is 11.6. The number of aromatic carboxylic acids is 1. The molecule has 4 aromatic carbocycles. The topological polar surface area (TPSA) is 173 Å². The monoisotopic (exact) mass is 685 g/mol. The zero-order valence-corrected chi connectivity index (χ0v) is 27.9. The maximum absolute atomic E-state index is 13.7. The second-order valence-electron chi connectivity index (χ2n) is 10.4. The number of phenols is 1. The molecule has 0 aromatic heterocycles. The predicted molar refractivity (Wildman–Crippen MR) is 187 cm³/mol. The number of nitrogens with one attached hydrogen (secondary N) is 3. The zero-order valence-electron chi connectivity index (χ0n) is 27.1. The van der Waals surface area contributed by atoms with E-state index >= 15 is 0 Å². The van der Waals surface area contributed by atoms with Gasteiger partial charge in [-0.3, -0.25) is 14.4 Å². The van der Waals surface area contributed by atoms with E-state index in [1.807, 2.05) is 6.92 Å². The molecule has 0 aliphatic heterocycles. The molecule has 0 saturated heterocycles. The average Bonchev–Trinajstić information content (AvgIpc) is 3.11. The lowest BCUT2D eigenvalue weighted by Crippen LogP contribution is -2.30. The molecule has 0 bridgehead atoms. The van der Waals surface area contributed by atoms with E-state index in [0.29, 0.717) is 45.4 Å². The SMILES string of the molecule is CCC(Sc1cccc(NC(=O)/C(=C\c2cc(OC)c(OC)cc2OC)NC(=O)c2ccccc2)c1)C(=O)Nc1ccc(O)c(C(=O)O)c1. The van der Waals surface area contributed by atoms with Crippen LogP contribution >= 0.6 is 11.8 Å². The maximum Gasteiger partial charge on any atom is 0.339 e. The summed E-state index contributed by atoms with van der Waals surface area (Å²) in [6.45, 7) is 1.83. The van der Waals surface area contributed by atoms with Crippen molar-refractivity contribution in [2.75, 3.05) is 32.0 Å². The normalized spacial score (nSPS) is 11.6.